The van der Waals surface area contributed by atoms with Crippen LogP contribution in [0.5, 0.6) is 5.75 Å². The lowest BCUT2D eigenvalue weighted by molar-refractivity contribution is -0.122. The van der Waals surface area contributed by atoms with E-state index in [-0.39, 0.29) is 18.0 Å². The van der Waals surface area contributed by atoms with E-state index >= 15 is 0 Å². The number of piperidine rings is 1. The first kappa shape index (κ1) is 19.5. The molecule has 7 heteroatoms. The molecule has 2 fully saturated rings. The Morgan fingerprint density at radius 1 is 1.15 bits per heavy atom. The van der Waals surface area contributed by atoms with E-state index in [1.54, 1.807) is 14.2 Å². The van der Waals surface area contributed by atoms with Gasteiger partial charge in [0.2, 0.25) is 5.91 Å². The standard InChI is InChI=1S/C20H30N4O3/c1-21-19(25)14-23-10-8-16(9-11-23)22-20(26)24-12-7-15(13-24)17-5-3-4-6-18(17)27-2/h3-6,15-16H,7-14H2,1-2H3,(H,21,25)(H,22,26). The molecule has 0 aromatic heterocycles. The van der Waals surface area contributed by atoms with Crippen LogP contribution in [-0.2, 0) is 4.79 Å². The maximum Gasteiger partial charge on any atom is 0.317 e. The normalized spacial score (nSPS) is 21.1. The van der Waals surface area contributed by atoms with Crippen molar-refractivity contribution in [2.45, 2.75) is 31.2 Å². The summed E-state index contributed by atoms with van der Waals surface area (Å²) in [4.78, 5) is 28.2. The Labute approximate surface area is 161 Å². The molecule has 2 aliphatic heterocycles. The lowest BCUT2D eigenvalue weighted by Gasteiger charge is -2.32. The number of rotatable bonds is 5. The number of nitrogens with one attached hydrogen (secondary N) is 2. The number of benzene rings is 1. The molecule has 2 saturated heterocycles. The molecule has 0 saturated carbocycles. The number of likely N-dealkylation sites (N-methyl/N-ethyl adjacent to an activating group) is 1. The Balaban J connectivity index is 1.47. The number of ether oxygens (including phenoxy) is 1. The predicted molar refractivity (Wildman–Crippen MR) is 104 cm³/mol. The summed E-state index contributed by atoms with van der Waals surface area (Å²) >= 11 is 0. The molecule has 2 aliphatic rings. The molecule has 2 heterocycles. The molecule has 1 aromatic carbocycles. The van der Waals surface area contributed by atoms with E-state index in [1.165, 1.54) is 5.56 Å². The summed E-state index contributed by atoms with van der Waals surface area (Å²) in [5.41, 5.74) is 1.18. The van der Waals surface area contributed by atoms with Crippen LogP contribution >= 0.6 is 0 Å². The highest BCUT2D eigenvalue weighted by Crippen LogP contribution is 2.33. The van der Waals surface area contributed by atoms with Gasteiger partial charge in [0, 0.05) is 45.2 Å². The van der Waals surface area contributed by atoms with Crippen molar-refractivity contribution in [2.24, 2.45) is 0 Å². The van der Waals surface area contributed by atoms with E-state index in [0.717, 1.165) is 51.2 Å². The van der Waals surface area contributed by atoms with Gasteiger partial charge in [0.15, 0.2) is 0 Å². The molecule has 7 nitrogen and oxygen atoms in total. The van der Waals surface area contributed by atoms with Crippen LogP contribution in [-0.4, -0.2) is 74.7 Å². The van der Waals surface area contributed by atoms with Crippen LogP contribution < -0.4 is 15.4 Å². The Bertz CT molecular complexity index is 658. The van der Waals surface area contributed by atoms with E-state index < -0.39 is 0 Å². The zero-order valence-corrected chi connectivity index (χ0v) is 16.2. The van der Waals surface area contributed by atoms with Gasteiger partial charge in [0.25, 0.3) is 0 Å². The van der Waals surface area contributed by atoms with E-state index in [2.05, 4.69) is 21.6 Å². The highest BCUT2D eigenvalue weighted by atomic mass is 16.5. The molecule has 0 bridgehead atoms. The van der Waals surface area contributed by atoms with Gasteiger partial charge in [-0.3, -0.25) is 9.69 Å². The van der Waals surface area contributed by atoms with Gasteiger partial charge in [-0.1, -0.05) is 18.2 Å². The van der Waals surface area contributed by atoms with Crippen molar-refractivity contribution in [1.82, 2.24) is 20.4 Å². The lowest BCUT2D eigenvalue weighted by atomic mass is 9.97. The molecule has 3 rings (SSSR count). The number of methoxy groups -OCH3 is 1. The summed E-state index contributed by atoms with van der Waals surface area (Å²) in [6, 6.07) is 8.27. The number of likely N-dealkylation sites (tertiary alicyclic amines) is 2. The van der Waals surface area contributed by atoms with Crippen molar-refractivity contribution in [3.8, 4) is 5.75 Å². The second kappa shape index (κ2) is 9.08. The smallest absolute Gasteiger partial charge is 0.317 e. The average molecular weight is 374 g/mol. The number of urea groups is 1. The van der Waals surface area contributed by atoms with Crippen LogP contribution in [0.4, 0.5) is 4.79 Å². The van der Waals surface area contributed by atoms with Crippen molar-refractivity contribution >= 4 is 11.9 Å². The van der Waals surface area contributed by atoms with Gasteiger partial charge in [0.05, 0.1) is 13.7 Å². The van der Waals surface area contributed by atoms with Crippen LogP contribution in [0.3, 0.4) is 0 Å². The third kappa shape index (κ3) is 4.91. The van der Waals surface area contributed by atoms with Crippen LogP contribution in [0.2, 0.25) is 0 Å². The fraction of sp³-hybridized carbons (Fsp3) is 0.600. The first-order chi connectivity index (χ1) is 13.1. The number of amides is 3. The van der Waals surface area contributed by atoms with Gasteiger partial charge >= 0.3 is 6.03 Å². The fourth-order valence-electron chi connectivity index (χ4n) is 3.99. The van der Waals surface area contributed by atoms with Gasteiger partial charge in [-0.2, -0.15) is 0 Å². The van der Waals surface area contributed by atoms with Gasteiger partial charge in [-0.25, -0.2) is 4.79 Å². The first-order valence-corrected chi connectivity index (χ1v) is 9.72. The minimum atomic E-state index is 0.0251. The molecule has 2 N–H and O–H groups in total. The Kier molecular flexibility index (Phi) is 6.55. The van der Waals surface area contributed by atoms with Crippen LogP contribution in [0, 0.1) is 0 Å². The van der Waals surface area contributed by atoms with E-state index in [1.807, 2.05) is 23.1 Å². The Morgan fingerprint density at radius 3 is 2.59 bits per heavy atom. The largest absolute Gasteiger partial charge is 0.496 e. The van der Waals surface area contributed by atoms with Crippen LogP contribution in [0.1, 0.15) is 30.7 Å². The molecule has 0 spiro atoms. The summed E-state index contributed by atoms with van der Waals surface area (Å²) in [6.45, 7) is 3.60. The number of nitrogens with zero attached hydrogens (tertiary/aromatic N) is 2. The van der Waals surface area contributed by atoms with Gasteiger partial charge < -0.3 is 20.3 Å². The van der Waals surface area contributed by atoms with Gasteiger partial charge in [-0.15, -0.1) is 0 Å². The van der Waals surface area contributed by atoms with Crippen molar-refractivity contribution in [3.63, 3.8) is 0 Å². The summed E-state index contributed by atoms with van der Waals surface area (Å²) in [6.07, 6.45) is 2.72. The quantitative estimate of drug-likeness (QED) is 0.817. The summed E-state index contributed by atoms with van der Waals surface area (Å²) in [5, 5.41) is 5.83. The van der Waals surface area contributed by atoms with Gasteiger partial charge in [-0.05, 0) is 30.9 Å². The molecule has 27 heavy (non-hydrogen) atoms. The topological polar surface area (TPSA) is 73.9 Å². The number of carbonyl (C=O) groups is 2. The summed E-state index contributed by atoms with van der Waals surface area (Å²) < 4.78 is 5.47. The van der Waals surface area contributed by atoms with Crippen LogP contribution in [0.25, 0.3) is 0 Å². The molecule has 148 valence electrons. The number of hydrogen-bond donors (Lipinski definition) is 2. The maximum atomic E-state index is 12.7. The van der Waals surface area contributed by atoms with Crippen LogP contribution in [0.15, 0.2) is 24.3 Å². The third-order valence-corrected chi connectivity index (χ3v) is 5.62. The first-order valence-electron chi connectivity index (χ1n) is 9.72. The fourth-order valence-corrected chi connectivity index (χ4v) is 3.99. The molecule has 0 aliphatic carbocycles. The van der Waals surface area contributed by atoms with Gasteiger partial charge in [0.1, 0.15) is 5.75 Å². The lowest BCUT2D eigenvalue weighted by Crippen LogP contribution is -2.50. The minimum Gasteiger partial charge on any atom is -0.496 e. The molecular formula is C20H30N4O3. The van der Waals surface area contributed by atoms with Crippen molar-refractivity contribution in [1.29, 1.82) is 0 Å². The van der Waals surface area contributed by atoms with E-state index in [9.17, 15) is 9.59 Å². The average Bonchev–Trinajstić information content (AvgIpc) is 3.19. The summed E-state index contributed by atoms with van der Waals surface area (Å²) in [5.74, 6) is 1.26. The van der Waals surface area contributed by atoms with E-state index in [0.29, 0.717) is 12.5 Å². The summed E-state index contributed by atoms with van der Waals surface area (Å²) in [7, 11) is 3.35. The Morgan fingerprint density at radius 2 is 1.89 bits per heavy atom. The maximum absolute atomic E-state index is 12.7. The Hall–Kier alpha value is -2.28. The molecule has 0 radical (unpaired) electrons. The molecular weight excluding hydrogens is 344 g/mol. The highest BCUT2D eigenvalue weighted by Gasteiger charge is 2.30. The highest BCUT2D eigenvalue weighted by molar-refractivity contribution is 5.77. The number of hydrogen-bond acceptors (Lipinski definition) is 4. The monoisotopic (exact) mass is 374 g/mol. The third-order valence-electron chi connectivity index (χ3n) is 5.62. The number of para-hydroxylation sites is 1. The second-order valence-electron chi connectivity index (χ2n) is 7.35. The minimum absolute atomic E-state index is 0.0251. The zero-order chi connectivity index (χ0) is 19.2. The van der Waals surface area contributed by atoms with E-state index in [4.69, 9.17) is 4.74 Å². The predicted octanol–water partition coefficient (Wildman–Crippen LogP) is 1.40. The molecule has 3 amide bonds. The molecule has 1 atom stereocenters. The molecule has 1 unspecified atom stereocenters. The van der Waals surface area contributed by atoms with Crippen molar-refractivity contribution in [3.05, 3.63) is 29.8 Å². The van der Waals surface area contributed by atoms with Crippen molar-refractivity contribution in [2.75, 3.05) is 46.9 Å². The number of carbonyl (C=O) groups excluding carboxylic acids is 2. The zero-order valence-electron chi connectivity index (χ0n) is 16.2. The molecule has 1 aromatic rings. The van der Waals surface area contributed by atoms with Crippen molar-refractivity contribution < 1.29 is 14.3 Å². The SMILES string of the molecule is CNC(=O)CN1CCC(NC(=O)N2CCC(c3ccccc3OC)C2)CC1. The second-order valence-corrected chi connectivity index (χ2v) is 7.35.